The van der Waals surface area contributed by atoms with Crippen LogP contribution < -0.4 is 10.6 Å². The highest BCUT2D eigenvalue weighted by Gasteiger charge is 2.18. The van der Waals surface area contributed by atoms with E-state index in [0.29, 0.717) is 21.3 Å². The van der Waals surface area contributed by atoms with Crippen molar-refractivity contribution in [2.24, 2.45) is 15.8 Å². The lowest BCUT2D eigenvalue weighted by Gasteiger charge is -2.24. The largest absolute Gasteiger partial charge is 0.366 e. The summed E-state index contributed by atoms with van der Waals surface area (Å²) in [5.74, 6) is -1.30. The molecule has 0 aliphatic heterocycles. The van der Waals surface area contributed by atoms with Crippen LogP contribution in [0.1, 0.15) is 47.8 Å². The molecule has 190 valence electrons. The third kappa shape index (κ3) is 7.35. The molecule has 7 nitrogen and oxygen atoms in total. The molecular formula is C28H27Cl2N5O2. The number of aliphatic imine (C=N–C) groups is 1. The van der Waals surface area contributed by atoms with E-state index < -0.39 is 11.9 Å². The molecular weight excluding hydrogens is 509 g/mol. The summed E-state index contributed by atoms with van der Waals surface area (Å²) in [6.45, 7) is 6.62. The van der Waals surface area contributed by atoms with Gasteiger partial charge in [0.25, 0.3) is 11.8 Å². The average Bonchev–Trinajstić information content (AvgIpc) is 2.86. The Hall–Kier alpha value is -3.81. The molecule has 9 heteroatoms. The molecule has 37 heavy (non-hydrogen) atoms. The van der Waals surface area contributed by atoms with Crippen LogP contribution in [0.25, 0.3) is 6.08 Å². The number of halogens is 2. The molecule has 0 radical (unpaired) electrons. The monoisotopic (exact) mass is 535 g/mol. The third-order valence-corrected chi connectivity index (χ3v) is 6.23. The zero-order chi connectivity index (χ0) is 27.2. The van der Waals surface area contributed by atoms with E-state index >= 15 is 0 Å². The number of carbonyl (C=O) groups excluding carboxylic acids is 2. The van der Waals surface area contributed by atoms with E-state index in [0.717, 1.165) is 11.1 Å². The molecule has 2 amide bonds. The van der Waals surface area contributed by atoms with Gasteiger partial charge in [-0.2, -0.15) is 4.99 Å². The second-order valence-electron chi connectivity index (χ2n) is 9.27. The number of rotatable bonds is 6. The molecule has 3 N–H and O–H groups in total. The highest BCUT2D eigenvalue weighted by atomic mass is 35.5. The summed E-state index contributed by atoms with van der Waals surface area (Å²) in [6.07, 6.45) is 3.04. The minimum absolute atomic E-state index is 0.0322. The van der Waals surface area contributed by atoms with Gasteiger partial charge < -0.3 is 10.6 Å². The number of guanidine groups is 1. The summed E-state index contributed by atoms with van der Waals surface area (Å²) < 4.78 is 0. The number of anilines is 1. The third-order valence-electron chi connectivity index (χ3n) is 5.58. The summed E-state index contributed by atoms with van der Waals surface area (Å²) >= 11 is 12.5. The van der Waals surface area contributed by atoms with Gasteiger partial charge in [-0.1, -0.05) is 74.3 Å². The molecule has 0 saturated carbocycles. The fourth-order valence-electron chi connectivity index (χ4n) is 3.48. The highest BCUT2D eigenvalue weighted by molar-refractivity contribution is 6.37. The molecule has 0 fully saturated rings. The van der Waals surface area contributed by atoms with Crippen molar-refractivity contribution in [3.05, 3.63) is 105 Å². The Bertz CT molecular complexity index is 1340. The van der Waals surface area contributed by atoms with Crippen LogP contribution in [0.4, 0.5) is 5.69 Å². The summed E-state index contributed by atoms with van der Waals surface area (Å²) in [5, 5.41) is 3.81. The van der Waals surface area contributed by atoms with E-state index in [1.807, 2.05) is 24.3 Å². The van der Waals surface area contributed by atoms with Crippen molar-refractivity contribution in [3.63, 3.8) is 0 Å². The molecule has 0 aliphatic rings. The van der Waals surface area contributed by atoms with Crippen molar-refractivity contribution in [1.82, 2.24) is 0 Å². The van der Waals surface area contributed by atoms with Gasteiger partial charge in [0.2, 0.25) is 5.96 Å². The maximum absolute atomic E-state index is 13.4. The van der Waals surface area contributed by atoms with Crippen LogP contribution in [-0.4, -0.2) is 17.8 Å². The van der Waals surface area contributed by atoms with Gasteiger partial charge >= 0.3 is 0 Å². The molecule has 0 saturated heterocycles. The summed E-state index contributed by atoms with van der Waals surface area (Å²) in [6, 6.07) is 19.6. The maximum Gasteiger partial charge on any atom is 0.280 e. The van der Waals surface area contributed by atoms with Crippen LogP contribution in [0.5, 0.6) is 0 Å². The Morgan fingerprint density at radius 1 is 0.973 bits per heavy atom. The second-order valence-corrected chi connectivity index (χ2v) is 10.1. The first-order valence-corrected chi connectivity index (χ1v) is 12.1. The van der Waals surface area contributed by atoms with Crippen LogP contribution >= 0.6 is 23.2 Å². The Labute approximate surface area is 226 Å². The molecule has 3 aromatic carbocycles. The zero-order valence-electron chi connectivity index (χ0n) is 20.7. The standard InChI is InChI=1S/C28H27Cl2N5O2/c1-28(2,3)20-11-13-21(14-12-20)35(25(36)16-15-22-23(29)5-4-6-24(22)30)17-18-7-9-19(10-8-18)26(37)33-27(31)34-32/h4-16,32H,17H2,1-3H3,(H2,31,33,37)/b16-15+,34-32?. The quantitative estimate of drug-likeness (QED) is 0.153. The number of amides is 2. The van der Waals surface area contributed by atoms with E-state index in [2.05, 4.69) is 30.9 Å². The van der Waals surface area contributed by atoms with Crippen molar-refractivity contribution < 1.29 is 9.59 Å². The number of carbonyl (C=O) groups is 2. The van der Waals surface area contributed by atoms with Gasteiger partial charge in [-0.3, -0.25) is 9.59 Å². The molecule has 0 unspecified atom stereocenters. The first-order chi connectivity index (χ1) is 17.5. The van der Waals surface area contributed by atoms with E-state index in [-0.39, 0.29) is 23.4 Å². The summed E-state index contributed by atoms with van der Waals surface area (Å²) in [5.41, 5.74) is 15.6. The first-order valence-electron chi connectivity index (χ1n) is 11.4. The van der Waals surface area contributed by atoms with Crippen molar-refractivity contribution in [1.29, 1.82) is 5.53 Å². The fourth-order valence-corrected chi connectivity index (χ4v) is 4.00. The summed E-state index contributed by atoms with van der Waals surface area (Å²) in [4.78, 5) is 30.7. The fraction of sp³-hybridized carbons (Fsp3) is 0.179. The lowest BCUT2D eigenvalue weighted by Crippen LogP contribution is -2.28. The van der Waals surface area contributed by atoms with Crippen LogP contribution in [0.15, 0.2) is 82.9 Å². The van der Waals surface area contributed by atoms with Crippen molar-refractivity contribution >= 4 is 52.7 Å². The second kappa shape index (κ2) is 12.0. The minimum Gasteiger partial charge on any atom is -0.366 e. The van der Waals surface area contributed by atoms with Crippen molar-refractivity contribution in [2.45, 2.75) is 32.7 Å². The Kier molecular flexibility index (Phi) is 8.97. The minimum atomic E-state index is -0.606. The molecule has 0 spiro atoms. The Balaban J connectivity index is 1.92. The van der Waals surface area contributed by atoms with Crippen molar-refractivity contribution in [2.75, 3.05) is 4.90 Å². The number of nitrogens with two attached hydrogens (primary N) is 1. The van der Waals surface area contributed by atoms with Gasteiger partial charge in [-0.25, -0.2) is 5.53 Å². The first kappa shape index (κ1) is 27.8. The average molecular weight is 536 g/mol. The number of nitrogens with one attached hydrogen (secondary N) is 1. The van der Waals surface area contributed by atoms with Gasteiger partial charge in [0, 0.05) is 32.9 Å². The molecule has 0 heterocycles. The molecule has 3 aromatic rings. The maximum atomic E-state index is 13.4. The van der Waals surface area contributed by atoms with E-state index in [1.165, 1.54) is 6.08 Å². The topological polar surface area (TPSA) is 112 Å². The lowest BCUT2D eigenvalue weighted by molar-refractivity contribution is -0.114. The molecule has 0 bridgehead atoms. The molecule has 0 aliphatic carbocycles. The SMILES string of the molecule is CC(C)(C)c1ccc(N(Cc2ccc(C(=O)N=C(N)N=N)cc2)C(=O)/C=C/c2c(Cl)cccc2Cl)cc1. The van der Waals surface area contributed by atoms with Crippen LogP contribution in [0.2, 0.25) is 10.0 Å². The van der Waals surface area contributed by atoms with E-state index in [1.54, 1.807) is 53.4 Å². The highest BCUT2D eigenvalue weighted by Crippen LogP contribution is 2.28. The number of hydrogen-bond acceptors (Lipinski definition) is 3. The molecule has 0 aromatic heterocycles. The Morgan fingerprint density at radius 3 is 2.11 bits per heavy atom. The van der Waals surface area contributed by atoms with Gasteiger partial charge in [-0.15, -0.1) is 5.11 Å². The lowest BCUT2D eigenvalue weighted by atomic mass is 9.87. The van der Waals surface area contributed by atoms with Crippen LogP contribution in [0.3, 0.4) is 0 Å². The van der Waals surface area contributed by atoms with Crippen LogP contribution in [-0.2, 0) is 16.8 Å². The molecule has 3 rings (SSSR count). The van der Waals surface area contributed by atoms with Gasteiger partial charge in [0.1, 0.15) is 0 Å². The van der Waals surface area contributed by atoms with Gasteiger partial charge in [0.15, 0.2) is 0 Å². The van der Waals surface area contributed by atoms with Crippen LogP contribution in [0, 0.1) is 5.53 Å². The smallest absolute Gasteiger partial charge is 0.280 e. The van der Waals surface area contributed by atoms with Gasteiger partial charge in [-0.05, 0) is 59.0 Å². The number of benzene rings is 3. The van der Waals surface area contributed by atoms with Gasteiger partial charge in [0.05, 0.1) is 6.54 Å². The van der Waals surface area contributed by atoms with Crippen molar-refractivity contribution in [3.8, 4) is 0 Å². The number of nitrogens with zero attached hydrogens (tertiary/aromatic N) is 3. The van der Waals surface area contributed by atoms with E-state index in [4.69, 9.17) is 34.5 Å². The predicted molar refractivity (Wildman–Crippen MR) is 149 cm³/mol. The van der Waals surface area contributed by atoms with E-state index in [9.17, 15) is 9.59 Å². The summed E-state index contributed by atoms with van der Waals surface area (Å²) in [7, 11) is 0. The predicted octanol–water partition coefficient (Wildman–Crippen LogP) is 7.02. The molecule has 0 atom stereocenters. The normalized spacial score (nSPS) is 12.0. The number of hydrogen-bond donors (Lipinski definition) is 2. The zero-order valence-corrected chi connectivity index (χ0v) is 22.2. The Morgan fingerprint density at radius 2 is 1.57 bits per heavy atom.